The fourth-order valence-electron chi connectivity index (χ4n) is 0.524. The summed E-state index contributed by atoms with van der Waals surface area (Å²) in [6.07, 6.45) is 5.05. The zero-order chi connectivity index (χ0) is 8.53. The van der Waals surface area contributed by atoms with E-state index < -0.39 is 0 Å². The second-order valence-electron chi connectivity index (χ2n) is 2.06. The van der Waals surface area contributed by atoms with Crippen molar-refractivity contribution >= 4 is 11.8 Å². The van der Waals surface area contributed by atoms with Crippen LogP contribution < -0.4 is 5.32 Å². The lowest BCUT2D eigenvalue weighted by Crippen LogP contribution is -2.26. The predicted octanol–water partition coefficient (Wildman–Crippen LogP) is 0.854. The van der Waals surface area contributed by atoms with Crippen molar-refractivity contribution in [2.45, 2.75) is 13.0 Å². The highest BCUT2D eigenvalue weighted by Gasteiger charge is 1.94. The van der Waals surface area contributed by atoms with Crippen molar-refractivity contribution < 1.29 is 0 Å². The molecule has 60 valence electrons. The third kappa shape index (κ3) is 7.25. The van der Waals surface area contributed by atoms with Gasteiger partial charge in [-0.3, -0.25) is 0 Å². The highest BCUT2D eigenvalue weighted by Crippen LogP contribution is 1.95. The van der Waals surface area contributed by atoms with Crippen molar-refractivity contribution in [1.82, 2.24) is 5.32 Å². The zero-order valence-electron chi connectivity index (χ0n) is 6.63. The summed E-state index contributed by atoms with van der Waals surface area (Å²) in [4.78, 5) is 0. The molecule has 11 heavy (non-hydrogen) atoms. The Morgan fingerprint density at radius 2 is 2.45 bits per heavy atom. The van der Waals surface area contributed by atoms with Crippen LogP contribution in [0.4, 0.5) is 0 Å². The summed E-state index contributed by atoms with van der Waals surface area (Å²) in [6.45, 7) is 2.69. The third-order valence-electron chi connectivity index (χ3n) is 1.08. The lowest BCUT2D eigenvalue weighted by atomic mass is 10.4. The van der Waals surface area contributed by atoms with Crippen LogP contribution in [-0.4, -0.2) is 24.1 Å². The van der Waals surface area contributed by atoms with Gasteiger partial charge in [0.15, 0.2) is 0 Å². The highest BCUT2D eigenvalue weighted by molar-refractivity contribution is 7.99. The molecule has 0 aromatic rings. The Morgan fingerprint density at radius 1 is 1.73 bits per heavy atom. The van der Waals surface area contributed by atoms with Crippen LogP contribution in [0.25, 0.3) is 0 Å². The Morgan fingerprint density at radius 3 is 3.00 bits per heavy atom. The van der Waals surface area contributed by atoms with E-state index in [4.69, 9.17) is 11.7 Å². The van der Waals surface area contributed by atoms with Crippen LogP contribution >= 0.6 is 11.8 Å². The minimum Gasteiger partial charge on any atom is -0.301 e. The molecule has 0 amide bonds. The van der Waals surface area contributed by atoms with Gasteiger partial charge in [-0.25, -0.2) is 0 Å². The molecule has 1 atom stereocenters. The monoisotopic (exact) mass is 168 g/mol. The maximum Gasteiger partial charge on any atom is 0.0924 e. The molecule has 0 radical (unpaired) electrons. The second kappa shape index (κ2) is 7.47. The molecule has 0 aromatic carbocycles. The van der Waals surface area contributed by atoms with Crippen LogP contribution in [0.2, 0.25) is 0 Å². The van der Waals surface area contributed by atoms with Gasteiger partial charge >= 0.3 is 0 Å². The van der Waals surface area contributed by atoms with Crippen molar-refractivity contribution in [3.05, 3.63) is 0 Å². The normalized spacial score (nSPS) is 11.5. The SMILES string of the molecule is C#CCSCCNC(C)C#N. The quantitative estimate of drug-likeness (QED) is 0.488. The van der Waals surface area contributed by atoms with Gasteiger partial charge in [-0.05, 0) is 6.92 Å². The standard InChI is InChI=1S/C8H12N2S/c1-3-5-11-6-4-10-8(2)7-9/h1,8,10H,4-6H2,2H3. The Labute approximate surface area is 72.4 Å². The van der Waals surface area contributed by atoms with E-state index in [1.54, 1.807) is 11.8 Å². The van der Waals surface area contributed by atoms with Crippen LogP contribution in [0.3, 0.4) is 0 Å². The summed E-state index contributed by atoms with van der Waals surface area (Å²) in [7, 11) is 0. The predicted molar refractivity (Wildman–Crippen MR) is 49.2 cm³/mol. The number of terminal acetylenes is 1. The molecule has 0 aliphatic rings. The molecule has 1 N–H and O–H groups in total. The number of nitrogens with one attached hydrogen (secondary N) is 1. The van der Waals surface area contributed by atoms with Gasteiger partial charge in [0.2, 0.25) is 0 Å². The molecule has 1 unspecified atom stereocenters. The van der Waals surface area contributed by atoms with E-state index in [-0.39, 0.29) is 6.04 Å². The van der Waals surface area contributed by atoms with E-state index >= 15 is 0 Å². The van der Waals surface area contributed by atoms with Crippen LogP contribution in [0.1, 0.15) is 6.92 Å². The Hall–Kier alpha value is -0.640. The Balaban J connectivity index is 3.04. The van der Waals surface area contributed by atoms with Crippen LogP contribution in [-0.2, 0) is 0 Å². The van der Waals surface area contributed by atoms with Crippen LogP contribution in [0, 0.1) is 23.7 Å². The molecule has 0 fully saturated rings. The molecule has 3 heteroatoms. The summed E-state index contributed by atoms with van der Waals surface area (Å²) in [6, 6.07) is 2.04. The molecule has 0 aliphatic heterocycles. The van der Waals surface area contributed by atoms with E-state index in [1.165, 1.54) is 0 Å². The molecule has 0 heterocycles. The van der Waals surface area contributed by atoms with Gasteiger partial charge in [-0.15, -0.1) is 18.2 Å². The van der Waals surface area contributed by atoms with Crippen molar-refractivity contribution in [3.63, 3.8) is 0 Å². The number of nitrogens with zero attached hydrogens (tertiary/aromatic N) is 1. The molecule has 0 spiro atoms. The lowest BCUT2D eigenvalue weighted by molar-refractivity contribution is 0.675. The summed E-state index contributed by atoms with van der Waals surface area (Å²) in [5.74, 6) is 4.26. The third-order valence-corrected chi connectivity index (χ3v) is 1.94. The highest BCUT2D eigenvalue weighted by atomic mass is 32.2. The summed E-state index contributed by atoms with van der Waals surface area (Å²) in [5.41, 5.74) is 0. The minimum absolute atomic E-state index is 0.0542. The minimum atomic E-state index is -0.0542. The second-order valence-corrected chi connectivity index (χ2v) is 3.17. The van der Waals surface area contributed by atoms with E-state index in [0.717, 1.165) is 18.1 Å². The van der Waals surface area contributed by atoms with E-state index in [0.29, 0.717) is 0 Å². The molecule has 0 rings (SSSR count). The van der Waals surface area contributed by atoms with Gasteiger partial charge < -0.3 is 5.32 Å². The summed E-state index contributed by atoms with van der Waals surface area (Å²) >= 11 is 1.70. The first-order chi connectivity index (χ1) is 5.31. The van der Waals surface area contributed by atoms with Crippen LogP contribution in [0.5, 0.6) is 0 Å². The molecular weight excluding hydrogens is 156 g/mol. The number of nitriles is 1. The van der Waals surface area contributed by atoms with Crippen molar-refractivity contribution in [1.29, 1.82) is 5.26 Å². The van der Waals surface area contributed by atoms with Gasteiger partial charge in [0.1, 0.15) is 0 Å². The van der Waals surface area contributed by atoms with Crippen LogP contribution in [0.15, 0.2) is 0 Å². The number of thioether (sulfide) groups is 1. The number of hydrogen-bond donors (Lipinski definition) is 1. The van der Waals surface area contributed by atoms with Gasteiger partial charge in [-0.2, -0.15) is 5.26 Å². The molecule has 0 bridgehead atoms. The maximum atomic E-state index is 8.39. The van der Waals surface area contributed by atoms with Crippen molar-refractivity contribution in [2.24, 2.45) is 0 Å². The topological polar surface area (TPSA) is 35.8 Å². The number of rotatable bonds is 5. The molecule has 0 saturated heterocycles. The van der Waals surface area contributed by atoms with Crippen molar-refractivity contribution in [3.8, 4) is 18.4 Å². The molecular formula is C8H12N2S. The van der Waals surface area contributed by atoms with E-state index in [2.05, 4.69) is 17.3 Å². The maximum absolute atomic E-state index is 8.39. The molecule has 0 aliphatic carbocycles. The summed E-state index contributed by atoms with van der Waals surface area (Å²) < 4.78 is 0. The lowest BCUT2D eigenvalue weighted by Gasteiger charge is -2.03. The Bertz CT molecular complexity index is 166. The molecule has 2 nitrogen and oxygen atoms in total. The smallest absolute Gasteiger partial charge is 0.0924 e. The first-order valence-corrected chi connectivity index (χ1v) is 4.61. The zero-order valence-corrected chi connectivity index (χ0v) is 7.45. The largest absolute Gasteiger partial charge is 0.301 e. The average molecular weight is 168 g/mol. The molecule has 0 aromatic heterocycles. The van der Waals surface area contributed by atoms with Gasteiger partial charge in [0.25, 0.3) is 0 Å². The van der Waals surface area contributed by atoms with Gasteiger partial charge in [-0.1, -0.05) is 5.92 Å². The van der Waals surface area contributed by atoms with E-state index in [9.17, 15) is 0 Å². The fourth-order valence-corrected chi connectivity index (χ4v) is 1.05. The number of hydrogen-bond acceptors (Lipinski definition) is 3. The van der Waals surface area contributed by atoms with Gasteiger partial charge in [0, 0.05) is 12.3 Å². The summed E-state index contributed by atoms with van der Waals surface area (Å²) in [5, 5.41) is 11.4. The van der Waals surface area contributed by atoms with Gasteiger partial charge in [0.05, 0.1) is 17.9 Å². The van der Waals surface area contributed by atoms with Crippen molar-refractivity contribution in [2.75, 3.05) is 18.1 Å². The first-order valence-electron chi connectivity index (χ1n) is 3.45. The van der Waals surface area contributed by atoms with E-state index in [1.807, 2.05) is 6.92 Å². The molecule has 0 saturated carbocycles. The first kappa shape index (κ1) is 10.4. The Kier molecular flexibility index (Phi) is 7.03. The average Bonchev–Trinajstić information content (AvgIpc) is 2.04. The fraction of sp³-hybridized carbons (Fsp3) is 0.625.